The van der Waals surface area contributed by atoms with Crippen molar-refractivity contribution in [1.29, 1.82) is 0 Å². The molecule has 8 rings (SSSR count). The number of carbonyl (C=O) groups excluding carboxylic acids is 7. The van der Waals surface area contributed by atoms with Crippen LogP contribution in [0, 0.1) is 22.2 Å². The third kappa shape index (κ3) is 5.14. The number of esters is 7. The number of methoxy groups -OCH3 is 2. The van der Waals surface area contributed by atoms with Crippen molar-refractivity contribution in [2.24, 2.45) is 22.2 Å². The van der Waals surface area contributed by atoms with Gasteiger partial charge in [0.1, 0.15) is 23.4 Å². The van der Waals surface area contributed by atoms with Crippen LogP contribution in [0.4, 0.5) is 0 Å². The fourth-order valence-corrected chi connectivity index (χ4v) is 13.9. The van der Waals surface area contributed by atoms with Crippen molar-refractivity contribution in [3.63, 3.8) is 0 Å². The predicted molar refractivity (Wildman–Crippen MR) is 207 cm³/mol. The average Bonchev–Trinajstić information content (AvgIpc) is 3.67. The van der Waals surface area contributed by atoms with Crippen molar-refractivity contribution in [2.75, 3.05) is 14.2 Å². The van der Waals surface area contributed by atoms with E-state index in [9.17, 15) is 38.7 Å². The molecule has 1 aromatic rings. The molecule has 20 nitrogen and oxygen atoms in total. The number of rotatable bonds is 13. The van der Waals surface area contributed by atoms with E-state index in [0.29, 0.717) is 0 Å². The lowest BCUT2D eigenvalue weighted by atomic mass is 9.32. The van der Waals surface area contributed by atoms with Crippen molar-refractivity contribution >= 4 is 41.8 Å². The average molecular weight is 905 g/mol. The number of ether oxygens (including phenoxy) is 11. The van der Waals surface area contributed by atoms with Gasteiger partial charge in [0, 0.05) is 62.3 Å². The van der Waals surface area contributed by atoms with Gasteiger partial charge in [0.2, 0.25) is 5.60 Å². The highest BCUT2D eigenvalue weighted by atomic mass is 17.0. The normalized spacial score (nSPS) is 46.5. The first-order chi connectivity index (χ1) is 29.7. The molecule has 0 aromatic carbocycles. The summed E-state index contributed by atoms with van der Waals surface area (Å²) < 4.78 is 75.5. The molecular formula is C44H56O20. The summed E-state index contributed by atoms with van der Waals surface area (Å²) in [5, 5.41) is 14.3. The Morgan fingerprint density at radius 2 is 1.47 bits per heavy atom. The monoisotopic (exact) mass is 904 g/mol. The SMILES string of the molecule is CCC(=O)OC1C2(OC(C)=O)C(OC(=O)[C@@]3(C)O[C@@H]3C)[C@@]3(C)CC2(O)[C@@](C)([C@H]3CC(=O)OC)[C@]23OC4(C)O[C@](CC(=O)OC)([C@@]12O4)[C@@](C)([C@H](OC(C)=O)c1ccoc1)CC3OC(C)=O. The second-order valence-electron chi connectivity index (χ2n) is 19.3. The molecule has 4 bridgehead atoms. The standard InChI is InChI=1S/C44H56O20/c1-13-28(48)58-33-42(61-24(5)47)32(59-34(51)37(8)21(2)60-37)35(6)20-40(42,52)38(9,26(35)16-29(49)53-11)43-27(56-22(3)45)17-36(7,31(57-23(4)46)25-14-15-55-19-25)41(18-30(50)54-12)44(33,43)64-39(10,62-41)63-43/h14-15,19,21,26-27,31-33,52H,13,16-18,20H2,1-12H3/t21-,26+,27?,31-,32?,33?,35+,36-,37+,38-,39?,40?,41+,42?,43+,44+/m1/s1. The van der Waals surface area contributed by atoms with Crippen molar-refractivity contribution in [3.05, 3.63) is 24.2 Å². The van der Waals surface area contributed by atoms with Crippen LogP contribution in [0.3, 0.4) is 0 Å². The predicted octanol–water partition coefficient (Wildman–Crippen LogP) is 2.82. The number of carbonyl (C=O) groups is 7. The number of epoxide rings is 1. The summed E-state index contributed by atoms with van der Waals surface area (Å²) in [6, 6.07) is 1.50. The van der Waals surface area contributed by atoms with E-state index in [0.717, 1.165) is 35.0 Å². The Morgan fingerprint density at radius 3 is 2.00 bits per heavy atom. The fourth-order valence-electron chi connectivity index (χ4n) is 13.9. The molecule has 7 fully saturated rings. The molecule has 6 unspecified atom stereocenters. The highest BCUT2D eigenvalue weighted by Crippen LogP contribution is 2.89. The van der Waals surface area contributed by atoms with Gasteiger partial charge in [-0.3, -0.25) is 28.8 Å². The number of hydrogen-bond donors (Lipinski definition) is 1. The van der Waals surface area contributed by atoms with Crippen molar-refractivity contribution in [2.45, 2.75) is 171 Å². The molecular weight excluding hydrogens is 848 g/mol. The zero-order chi connectivity index (χ0) is 47.2. The highest BCUT2D eigenvalue weighted by molar-refractivity contribution is 5.84. The Bertz CT molecular complexity index is 2210. The molecule has 4 saturated carbocycles. The number of hydrogen-bond acceptors (Lipinski definition) is 20. The summed E-state index contributed by atoms with van der Waals surface area (Å²) in [5.74, 6) is -9.94. The van der Waals surface area contributed by atoms with E-state index in [4.69, 9.17) is 56.5 Å². The smallest absolute Gasteiger partial charge is 0.341 e. The van der Waals surface area contributed by atoms with E-state index in [1.165, 1.54) is 39.4 Å². The van der Waals surface area contributed by atoms with Crippen LogP contribution in [0.15, 0.2) is 23.0 Å². The zero-order valence-electron chi connectivity index (χ0n) is 37.9. The minimum atomic E-state index is -2.75. The van der Waals surface area contributed by atoms with Gasteiger partial charge in [0.25, 0.3) is 5.97 Å². The maximum absolute atomic E-state index is 14.5. The molecule has 3 saturated heterocycles. The van der Waals surface area contributed by atoms with Gasteiger partial charge in [-0.25, -0.2) is 4.79 Å². The van der Waals surface area contributed by atoms with Gasteiger partial charge in [-0.1, -0.05) is 27.7 Å². The van der Waals surface area contributed by atoms with E-state index in [2.05, 4.69) is 0 Å². The van der Waals surface area contributed by atoms with Crippen LogP contribution in [-0.2, 0) is 85.7 Å². The van der Waals surface area contributed by atoms with Crippen LogP contribution in [0.1, 0.15) is 113 Å². The summed E-state index contributed by atoms with van der Waals surface area (Å²) in [4.78, 5) is 98.1. The Balaban J connectivity index is 1.59. The Hall–Kier alpha value is -4.63. The van der Waals surface area contributed by atoms with E-state index in [1.54, 1.807) is 27.7 Å². The molecule has 0 radical (unpaired) electrons. The lowest BCUT2D eigenvalue weighted by molar-refractivity contribution is -0.476. The zero-order valence-corrected chi connectivity index (χ0v) is 37.9. The molecule has 16 atom stereocenters. The molecule has 4 aliphatic carbocycles. The lowest BCUT2D eigenvalue weighted by Crippen LogP contribution is -2.99. The van der Waals surface area contributed by atoms with Crippen LogP contribution in [0.5, 0.6) is 0 Å². The van der Waals surface area contributed by atoms with Crippen molar-refractivity contribution in [1.82, 2.24) is 0 Å². The van der Waals surface area contributed by atoms with Gasteiger partial charge in [-0.05, 0) is 38.7 Å². The molecule has 1 aromatic heterocycles. The molecule has 352 valence electrons. The fraction of sp³-hybridized carbons (Fsp3) is 0.750. The van der Waals surface area contributed by atoms with Crippen LogP contribution >= 0.6 is 0 Å². The molecule has 4 heterocycles. The second kappa shape index (κ2) is 13.9. The molecule has 7 aliphatic rings. The second-order valence-corrected chi connectivity index (χ2v) is 19.3. The first kappa shape index (κ1) is 45.9. The first-order valence-corrected chi connectivity index (χ1v) is 21.3. The molecule has 1 N–H and O–H groups in total. The third-order valence-corrected chi connectivity index (χ3v) is 16.2. The van der Waals surface area contributed by atoms with E-state index in [-0.39, 0.29) is 12.0 Å². The maximum Gasteiger partial charge on any atom is 0.341 e. The summed E-state index contributed by atoms with van der Waals surface area (Å²) >= 11 is 0. The number of furan rings is 1. The Kier molecular flexibility index (Phi) is 10.0. The van der Waals surface area contributed by atoms with Gasteiger partial charge in [0.05, 0.1) is 39.3 Å². The van der Waals surface area contributed by atoms with Crippen molar-refractivity contribution < 1.29 is 95.2 Å². The first-order valence-electron chi connectivity index (χ1n) is 21.3. The maximum atomic E-state index is 14.5. The van der Waals surface area contributed by atoms with Gasteiger partial charge in [-0.2, -0.15) is 0 Å². The lowest BCUT2D eigenvalue weighted by Gasteiger charge is -2.78. The van der Waals surface area contributed by atoms with Gasteiger partial charge in [-0.15, -0.1) is 0 Å². The van der Waals surface area contributed by atoms with Gasteiger partial charge >= 0.3 is 41.8 Å². The van der Waals surface area contributed by atoms with Crippen LogP contribution < -0.4 is 0 Å². The molecule has 0 amide bonds. The van der Waals surface area contributed by atoms with Crippen LogP contribution in [-0.4, -0.2) is 125 Å². The van der Waals surface area contributed by atoms with E-state index >= 15 is 0 Å². The third-order valence-electron chi connectivity index (χ3n) is 16.2. The van der Waals surface area contributed by atoms with Crippen LogP contribution in [0.25, 0.3) is 0 Å². The number of aliphatic hydroxyl groups is 1. The Labute approximate surface area is 368 Å². The minimum Gasteiger partial charge on any atom is -0.472 e. The topological polar surface area (TPSA) is 258 Å². The molecule has 20 heteroatoms. The van der Waals surface area contributed by atoms with Gasteiger partial charge in [0.15, 0.2) is 29.0 Å². The highest BCUT2D eigenvalue weighted by Gasteiger charge is 3.07. The quantitative estimate of drug-likeness (QED) is 0.170. The van der Waals surface area contributed by atoms with E-state index in [1.807, 2.05) is 0 Å². The number of fused-ring (bicyclic) bond motifs is 2. The summed E-state index contributed by atoms with van der Waals surface area (Å²) in [6.07, 6.45) is -7.70. The molecule has 3 aliphatic heterocycles. The molecule has 64 heavy (non-hydrogen) atoms. The summed E-state index contributed by atoms with van der Waals surface area (Å²) in [6.45, 7) is 14.0. The Morgan fingerprint density at radius 1 is 0.828 bits per heavy atom. The van der Waals surface area contributed by atoms with Crippen molar-refractivity contribution in [3.8, 4) is 0 Å². The largest absolute Gasteiger partial charge is 0.472 e. The summed E-state index contributed by atoms with van der Waals surface area (Å²) in [5.41, 5.74) is -19.7. The minimum absolute atomic E-state index is 0.236. The van der Waals surface area contributed by atoms with Gasteiger partial charge < -0.3 is 61.6 Å². The van der Waals surface area contributed by atoms with Crippen LogP contribution in [0.2, 0.25) is 0 Å². The summed E-state index contributed by atoms with van der Waals surface area (Å²) in [7, 11) is 2.28. The molecule has 1 spiro atoms. The van der Waals surface area contributed by atoms with E-state index < -0.39 is 160 Å².